The van der Waals surface area contributed by atoms with Gasteiger partial charge >= 0.3 is 12.1 Å². The van der Waals surface area contributed by atoms with Gasteiger partial charge < -0.3 is 44.3 Å². The SMILES string of the molecule is CC[C@H]1OC(=O)C(C)C(=O)[C@H](C)[C@@H](O[C@@H]2O[C@H]([C@H](C)N3CCCCC3)C[C@H](N(C)C)[C@H]2O)[C@](C)(OC)C[C@@H](C)CN[C@H](C)[C@H]2NC(=O)O[C@@]21C. The maximum Gasteiger partial charge on any atom is 0.408 e. The van der Waals surface area contributed by atoms with Crippen LogP contribution in [-0.2, 0) is 33.3 Å². The van der Waals surface area contributed by atoms with Crippen LogP contribution in [-0.4, -0.2) is 140 Å². The molecule has 0 aromatic rings. The number of cyclic esters (lactones) is 1. The minimum absolute atomic E-state index is 0.0288. The second kappa shape index (κ2) is 16.9. The number of Topliss-reactive ketones (excluding diaryl/α,β-unsaturated/α-hetero) is 1. The first-order chi connectivity index (χ1) is 23.5. The molecule has 0 aromatic heterocycles. The minimum atomic E-state index is -1.16. The number of piperidine rings is 1. The standard InChI is InChI=1S/C37H66N4O9/c1-12-28-37(8)31(39-35(45)50-37)24(5)38-20-21(2)19-36(7,46-11)32(22(3)29(42)23(4)33(44)48-28)49-34-30(43)26(40(9)10)18-27(47-34)25(6)41-16-14-13-15-17-41/h21-28,30-32,34,38,43H,12-20H2,1-11H3,(H,39,45)/t21-,22+,23?,24-,25+,26+,27+,28-,30-,31-,32-,34+,36-,37-/m1/s1. The summed E-state index contributed by atoms with van der Waals surface area (Å²) in [5.41, 5.74) is -2.17. The quantitative estimate of drug-likeness (QED) is 0.264. The number of likely N-dealkylation sites (N-methyl/N-ethyl adjacent to an activating group) is 1. The highest BCUT2D eigenvalue weighted by Crippen LogP contribution is 2.38. The summed E-state index contributed by atoms with van der Waals surface area (Å²) >= 11 is 0. The van der Waals surface area contributed by atoms with E-state index in [0.29, 0.717) is 25.8 Å². The lowest BCUT2D eigenvalue weighted by Gasteiger charge is -2.49. The zero-order chi connectivity index (χ0) is 37.1. The first-order valence-electron chi connectivity index (χ1n) is 18.9. The van der Waals surface area contributed by atoms with Crippen LogP contribution in [0.25, 0.3) is 0 Å². The molecule has 0 aliphatic carbocycles. The number of nitrogens with zero attached hydrogens (tertiary/aromatic N) is 2. The van der Waals surface area contributed by atoms with Crippen molar-refractivity contribution >= 4 is 17.8 Å². The molecule has 13 heteroatoms. The number of hydrogen-bond donors (Lipinski definition) is 3. The number of esters is 1. The van der Waals surface area contributed by atoms with E-state index >= 15 is 0 Å². The molecule has 4 saturated heterocycles. The van der Waals surface area contributed by atoms with E-state index in [-0.39, 0.29) is 35.9 Å². The van der Waals surface area contributed by atoms with Crippen LogP contribution in [0.3, 0.4) is 0 Å². The lowest BCUT2D eigenvalue weighted by molar-refractivity contribution is -0.303. The van der Waals surface area contributed by atoms with Gasteiger partial charge in [-0.15, -0.1) is 0 Å². The van der Waals surface area contributed by atoms with Gasteiger partial charge in [-0.25, -0.2) is 4.79 Å². The number of carbonyl (C=O) groups is 3. The fourth-order valence-electron chi connectivity index (χ4n) is 8.85. The third kappa shape index (κ3) is 8.66. The summed E-state index contributed by atoms with van der Waals surface area (Å²) in [6.07, 6.45) is 0.553. The highest BCUT2D eigenvalue weighted by molar-refractivity contribution is 6.00. The Morgan fingerprint density at radius 1 is 1.08 bits per heavy atom. The number of aliphatic hydroxyl groups is 1. The third-order valence-corrected chi connectivity index (χ3v) is 12.2. The Morgan fingerprint density at radius 3 is 2.34 bits per heavy atom. The second-order valence-electron chi connectivity index (χ2n) is 16.2. The average Bonchev–Trinajstić information content (AvgIpc) is 3.41. The average molecular weight is 711 g/mol. The highest BCUT2D eigenvalue weighted by atomic mass is 16.7. The Bertz CT molecular complexity index is 1170. The van der Waals surface area contributed by atoms with Crippen molar-refractivity contribution in [1.29, 1.82) is 0 Å². The van der Waals surface area contributed by atoms with Crippen molar-refractivity contribution in [3.8, 4) is 0 Å². The Hall–Kier alpha value is -1.87. The van der Waals surface area contributed by atoms with Crippen molar-refractivity contribution in [2.45, 2.75) is 160 Å². The highest BCUT2D eigenvalue weighted by Gasteiger charge is 2.55. The van der Waals surface area contributed by atoms with Crippen molar-refractivity contribution in [3.05, 3.63) is 0 Å². The fraction of sp³-hybridized carbons (Fsp3) is 0.919. The Morgan fingerprint density at radius 2 is 1.74 bits per heavy atom. The third-order valence-electron chi connectivity index (χ3n) is 12.2. The molecule has 0 saturated carbocycles. The van der Waals surface area contributed by atoms with Crippen LogP contribution in [0.5, 0.6) is 0 Å². The molecular weight excluding hydrogens is 644 g/mol. The number of alkyl carbamates (subject to hydrolysis) is 1. The van der Waals surface area contributed by atoms with Crippen molar-refractivity contribution < 1.29 is 43.2 Å². The summed E-state index contributed by atoms with van der Waals surface area (Å²) in [7, 11) is 5.50. The molecule has 0 spiro atoms. The predicted octanol–water partition coefficient (Wildman–Crippen LogP) is 3.11. The van der Waals surface area contributed by atoms with Gasteiger partial charge in [0.2, 0.25) is 0 Å². The van der Waals surface area contributed by atoms with Gasteiger partial charge in [0.15, 0.2) is 17.7 Å². The van der Waals surface area contributed by atoms with Crippen LogP contribution in [0.1, 0.15) is 93.9 Å². The van der Waals surface area contributed by atoms with Gasteiger partial charge in [0, 0.05) is 31.2 Å². The van der Waals surface area contributed by atoms with Gasteiger partial charge in [-0.3, -0.25) is 14.5 Å². The lowest BCUT2D eigenvalue weighted by atomic mass is 9.78. The molecule has 1 amide bonds. The molecule has 0 bridgehead atoms. The maximum absolute atomic E-state index is 14.3. The number of fused-ring (bicyclic) bond motifs is 1. The van der Waals surface area contributed by atoms with Crippen LogP contribution in [0.2, 0.25) is 0 Å². The van der Waals surface area contributed by atoms with Gasteiger partial charge in [0.05, 0.1) is 23.9 Å². The summed E-state index contributed by atoms with van der Waals surface area (Å²) < 4.78 is 31.6. The van der Waals surface area contributed by atoms with E-state index in [9.17, 15) is 19.5 Å². The van der Waals surface area contributed by atoms with Gasteiger partial charge in [0.1, 0.15) is 18.1 Å². The molecule has 4 heterocycles. The van der Waals surface area contributed by atoms with E-state index < -0.39 is 65.7 Å². The largest absolute Gasteiger partial charge is 0.458 e. The zero-order valence-corrected chi connectivity index (χ0v) is 32.4. The van der Waals surface area contributed by atoms with Crippen molar-refractivity contribution in [3.63, 3.8) is 0 Å². The monoisotopic (exact) mass is 710 g/mol. The molecule has 50 heavy (non-hydrogen) atoms. The van der Waals surface area contributed by atoms with Crippen molar-refractivity contribution in [2.24, 2.45) is 17.8 Å². The molecule has 14 atom stereocenters. The fourth-order valence-corrected chi connectivity index (χ4v) is 8.85. The number of likely N-dealkylation sites (tertiary alicyclic amines) is 1. The molecule has 4 aliphatic rings. The number of aliphatic hydroxyl groups excluding tert-OH is 1. The molecule has 4 aliphatic heterocycles. The smallest absolute Gasteiger partial charge is 0.408 e. The van der Waals surface area contributed by atoms with Gasteiger partial charge in [-0.05, 0) is 106 Å². The molecule has 288 valence electrons. The van der Waals surface area contributed by atoms with Crippen LogP contribution in [0.15, 0.2) is 0 Å². The predicted molar refractivity (Wildman–Crippen MR) is 188 cm³/mol. The van der Waals surface area contributed by atoms with Crippen molar-refractivity contribution in [2.75, 3.05) is 40.8 Å². The lowest BCUT2D eigenvalue weighted by Crippen LogP contribution is -2.61. The van der Waals surface area contributed by atoms with Crippen LogP contribution >= 0.6 is 0 Å². The Balaban J connectivity index is 1.69. The number of nitrogens with one attached hydrogen (secondary N) is 2. The maximum atomic E-state index is 14.3. The summed E-state index contributed by atoms with van der Waals surface area (Å²) in [5, 5.41) is 18.2. The Labute approximate surface area is 299 Å². The van der Waals surface area contributed by atoms with E-state index in [0.717, 1.165) is 25.9 Å². The summed E-state index contributed by atoms with van der Waals surface area (Å²) in [5.74, 6) is -3.02. The number of hydrogen-bond acceptors (Lipinski definition) is 12. The summed E-state index contributed by atoms with van der Waals surface area (Å²) in [6.45, 7) is 17.7. The molecule has 3 N–H and O–H groups in total. The molecule has 1 unspecified atom stereocenters. The number of amides is 1. The first kappa shape index (κ1) is 40.9. The van der Waals surface area contributed by atoms with E-state index in [1.54, 1.807) is 27.9 Å². The summed E-state index contributed by atoms with van der Waals surface area (Å²) in [4.78, 5) is 45.0. The number of carbonyl (C=O) groups excluding carboxylic acids is 3. The van der Waals surface area contributed by atoms with Crippen molar-refractivity contribution in [1.82, 2.24) is 20.4 Å². The molecule has 0 radical (unpaired) electrons. The molecule has 4 rings (SSSR count). The van der Waals surface area contributed by atoms with Gasteiger partial charge in [-0.1, -0.05) is 27.2 Å². The zero-order valence-electron chi connectivity index (χ0n) is 32.4. The van der Waals surface area contributed by atoms with Crippen LogP contribution < -0.4 is 10.6 Å². The second-order valence-corrected chi connectivity index (χ2v) is 16.2. The normalized spacial score (nSPS) is 43.6. The molecule has 4 fully saturated rings. The molecule has 13 nitrogen and oxygen atoms in total. The van der Waals surface area contributed by atoms with Crippen LogP contribution in [0, 0.1) is 17.8 Å². The minimum Gasteiger partial charge on any atom is -0.458 e. The van der Waals surface area contributed by atoms with Gasteiger partial charge in [-0.2, -0.15) is 0 Å². The number of methoxy groups -OCH3 is 1. The topological polar surface area (TPSA) is 148 Å². The van der Waals surface area contributed by atoms with E-state index in [1.807, 2.05) is 39.8 Å². The number of rotatable bonds is 7. The summed E-state index contributed by atoms with van der Waals surface area (Å²) in [6, 6.07) is -0.851. The van der Waals surface area contributed by atoms with E-state index in [4.69, 9.17) is 23.7 Å². The molecule has 0 aromatic carbocycles. The Kier molecular flexibility index (Phi) is 13.8. The van der Waals surface area contributed by atoms with E-state index in [2.05, 4.69) is 29.4 Å². The van der Waals surface area contributed by atoms with Gasteiger partial charge in [0.25, 0.3) is 0 Å². The van der Waals surface area contributed by atoms with E-state index in [1.165, 1.54) is 6.42 Å². The van der Waals surface area contributed by atoms with Crippen LogP contribution in [0.4, 0.5) is 4.79 Å². The number of ether oxygens (including phenoxy) is 5. The first-order valence-corrected chi connectivity index (χ1v) is 18.9. The molecular formula is C37H66N4O9. The number of ketones is 1.